The molecule has 0 saturated heterocycles. The van der Waals surface area contributed by atoms with Gasteiger partial charge in [0.05, 0.1) is 4.92 Å². The van der Waals surface area contributed by atoms with Gasteiger partial charge in [0, 0.05) is 9.64 Å². The molecule has 0 atom stereocenters. The average molecular weight is 274 g/mol. The van der Waals surface area contributed by atoms with E-state index in [0.717, 1.165) is 0 Å². The molecule has 1 aromatic carbocycles. The predicted molar refractivity (Wildman–Crippen MR) is 50.5 cm³/mol. The fourth-order valence-corrected chi connectivity index (χ4v) is 1.38. The van der Waals surface area contributed by atoms with Gasteiger partial charge in [0.15, 0.2) is 0 Å². The van der Waals surface area contributed by atoms with Gasteiger partial charge in [0.1, 0.15) is 11.6 Å². The highest BCUT2D eigenvalue weighted by Gasteiger charge is 2.14. The molecule has 0 heterocycles. The molecule has 0 N–H and O–H groups in total. The van der Waals surface area contributed by atoms with Crippen LogP contribution in [-0.4, -0.2) is 4.92 Å². The molecule has 0 unspecified atom stereocenters. The molecule has 12 heavy (non-hydrogen) atoms. The Bertz CT molecular complexity index is 370. The molecule has 0 bridgehead atoms. The molecule has 0 fully saturated rings. The molecule has 1 rings (SSSR count). The van der Waals surface area contributed by atoms with Crippen molar-refractivity contribution >= 4 is 28.3 Å². The van der Waals surface area contributed by atoms with Crippen molar-refractivity contribution in [3.63, 3.8) is 0 Å². The molecule has 0 radical (unpaired) electrons. The average Bonchev–Trinajstić information content (AvgIpc) is 2.03. The molecule has 0 amide bonds. The molecular formula is C7H3IN2O2. The van der Waals surface area contributed by atoms with Crippen molar-refractivity contribution in [1.29, 1.82) is 5.26 Å². The Morgan fingerprint density at radius 3 is 2.67 bits per heavy atom. The molecule has 60 valence electrons. The van der Waals surface area contributed by atoms with Crippen molar-refractivity contribution < 1.29 is 4.92 Å². The monoisotopic (exact) mass is 274 g/mol. The summed E-state index contributed by atoms with van der Waals surface area (Å²) < 4.78 is 0.601. The van der Waals surface area contributed by atoms with Gasteiger partial charge < -0.3 is 0 Å². The van der Waals surface area contributed by atoms with E-state index in [1.807, 2.05) is 22.6 Å². The highest BCUT2D eigenvalue weighted by atomic mass is 127. The summed E-state index contributed by atoms with van der Waals surface area (Å²) in [5.41, 5.74) is -0.00694. The molecule has 0 aliphatic rings. The van der Waals surface area contributed by atoms with Gasteiger partial charge in [-0.05, 0) is 28.7 Å². The lowest BCUT2D eigenvalue weighted by Gasteiger charge is -1.95. The summed E-state index contributed by atoms with van der Waals surface area (Å²) in [6.45, 7) is 0. The van der Waals surface area contributed by atoms with E-state index in [2.05, 4.69) is 0 Å². The van der Waals surface area contributed by atoms with Crippen LogP contribution in [0, 0.1) is 25.0 Å². The van der Waals surface area contributed by atoms with Crippen molar-refractivity contribution in [1.82, 2.24) is 0 Å². The Hall–Kier alpha value is -1.16. The summed E-state index contributed by atoms with van der Waals surface area (Å²) in [5, 5.41) is 19.0. The summed E-state index contributed by atoms with van der Waals surface area (Å²) in [4.78, 5) is 9.83. The predicted octanol–water partition coefficient (Wildman–Crippen LogP) is 2.07. The zero-order chi connectivity index (χ0) is 9.14. The second-order valence-corrected chi connectivity index (χ2v) is 3.17. The van der Waals surface area contributed by atoms with Gasteiger partial charge in [0.25, 0.3) is 5.69 Å². The standard InChI is InChI=1S/C7H3IN2O2/c8-6-2-1-3-7(10(11)12)5(6)4-9/h1-3H. The Morgan fingerprint density at radius 2 is 2.25 bits per heavy atom. The van der Waals surface area contributed by atoms with Gasteiger partial charge in [-0.1, -0.05) is 6.07 Å². The van der Waals surface area contributed by atoms with E-state index >= 15 is 0 Å². The second kappa shape index (κ2) is 3.49. The topological polar surface area (TPSA) is 66.9 Å². The maximum Gasteiger partial charge on any atom is 0.288 e. The van der Waals surface area contributed by atoms with E-state index in [1.165, 1.54) is 6.07 Å². The normalized spacial score (nSPS) is 9.00. The maximum atomic E-state index is 10.4. The lowest BCUT2D eigenvalue weighted by Crippen LogP contribution is -1.93. The fourth-order valence-electron chi connectivity index (χ4n) is 0.776. The minimum absolute atomic E-state index is 0.128. The number of hydrogen-bond acceptors (Lipinski definition) is 3. The molecule has 0 aliphatic carbocycles. The summed E-state index contributed by atoms with van der Waals surface area (Å²) in [6, 6.07) is 6.33. The maximum absolute atomic E-state index is 10.4. The number of nitro groups is 1. The smallest absolute Gasteiger partial charge is 0.258 e. The van der Waals surface area contributed by atoms with Gasteiger partial charge in [0.2, 0.25) is 0 Å². The molecule has 5 heteroatoms. The Kier molecular flexibility index (Phi) is 2.60. The quantitative estimate of drug-likeness (QED) is 0.447. The van der Waals surface area contributed by atoms with Crippen molar-refractivity contribution in [3.8, 4) is 6.07 Å². The molecule has 1 aromatic rings. The van der Waals surface area contributed by atoms with Gasteiger partial charge in [-0.3, -0.25) is 10.1 Å². The molecule has 0 saturated carbocycles. The number of nitro benzene ring substituents is 1. The molecule has 0 aromatic heterocycles. The molecule has 0 aliphatic heterocycles. The number of rotatable bonds is 1. The number of hydrogen-bond donors (Lipinski definition) is 0. The zero-order valence-electron chi connectivity index (χ0n) is 5.82. The third-order valence-electron chi connectivity index (χ3n) is 1.30. The van der Waals surface area contributed by atoms with Crippen LogP contribution in [0.3, 0.4) is 0 Å². The van der Waals surface area contributed by atoms with Crippen LogP contribution in [0.25, 0.3) is 0 Å². The van der Waals surface area contributed by atoms with Crippen LogP contribution in [0.4, 0.5) is 5.69 Å². The molecule has 4 nitrogen and oxygen atoms in total. The minimum Gasteiger partial charge on any atom is -0.258 e. The highest BCUT2D eigenvalue weighted by molar-refractivity contribution is 14.1. The number of nitriles is 1. The second-order valence-electron chi connectivity index (χ2n) is 2.00. The largest absolute Gasteiger partial charge is 0.288 e. The van der Waals surface area contributed by atoms with E-state index in [4.69, 9.17) is 5.26 Å². The van der Waals surface area contributed by atoms with Crippen LogP contribution in [-0.2, 0) is 0 Å². The summed E-state index contributed by atoms with van der Waals surface area (Å²) >= 11 is 1.89. The van der Waals surface area contributed by atoms with Crippen LogP contribution in [0.2, 0.25) is 0 Å². The minimum atomic E-state index is -0.555. The Balaban J connectivity index is 3.40. The van der Waals surface area contributed by atoms with Crippen molar-refractivity contribution in [2.75, 3.05) is 0 Å². The SMILES string of the molecule is N#Cc1c(I)cccc1[N+](=O)[O-]. The first kappa shape index (κ1) is 8.93. The van der Waals surface area contributed by atoms with Gasteiger partial charge >= 0.3 is 0 Å². The van der Waals surface area contributed by atoms with Gasteiger partial charge in [-0.2, -0.15) is 5.26 Å². The van der Waals surface area contributed by atoms with Crippen LogP contribution >= 0.6 is 22.6 Å². The van der Waals surface area contributed by atoms with Crippen LogP contribution in [0.1, 0.15) is 5.56 Å². The highest BCUT2D eigenvalue weighted by Crippen LogP contribution is 2.22. The van der Waals surface area contributed by atoms with E-state index in [-0.39, 0.29) is 11.3 Å². The van der Waals surface area contributed by atoms with Gasteiger partial charge in [-0.25, -0.2) is 0 Å². The fraction of sp³-hybridized carbons (Fsp3) is 0. The van der Waals surface area contributed by atoms with Crippen molar-refractivity contribution in [2.45, 2.75) is 0 Å². The van der Waals surface area contributed by atoms with E-state index in [9.17, 15) is 10.1 Å². The number of nitrogens with zero attached hydrogens (tertiary/aromatic N) is 2. The number of halogens is 1. The lowest BCUT2D eigenvalue weighted by atomic mass is 10.2. The van der Waals surface area contributed by atoms with Crippen molar-refractivity contribution in [3.05, 3.63) is 37.4 Å². The van der Waals surface area contributed by atoms with E-state index in [1.54, 1.807) is 18.2 Å². The summed E-state index contributed by atoms with van der Waals surface area (Å²) in [5.74, 6) is 0. The first-order valence-corrected chi connectivity index (χ1v) is 4.07. The molecular weight excluding hydrogens is 271 g/mol. The molecule has 0 spiro atoms. The van der Waals surface area contributed by atoms with Gasteiger partial charge in [-0.15, -0.1) is 0 Å². The van der Waals surface area contributed by atoms with E-state index < -0.39 is 4.92 Å². The number of benzene rings is 1. The lowest BCUT2D eigenvalue weighted by molar-refractivity contribution is -0.385. The first-order chi connectivity index (χ1) is 5.66. The van der Waals surface area contributed by atoms with Crippen molar-refractivity contribution in [2.24, 2.45) is 0 Å². The van der Waals surface area contributed by atoms with E-state index in [0.29, 0.717) is 3.57 Å². The first-order valence-electron chi connectivity index (χ1n) is 3.00. The summed E-state index contributed by atoms with van der Waals surface area (Å²) in [7, 11) is 0. The zero-order valence-corrected chi connectivity index (χ0v) is 7.98. The third-order valence-corrected chi connectivity index (χ3v) is 2.20. The Morgan fingerprint density at radius 1 is 1.58 bits per heavy atom. The third kappa shape index (κ3) is 1.53. The Labute approximate surface area is 82.1 Å². The van der Waals surface area contributed by atoms with Crippen LogP contribution in [0.5, 0.6) is 0 Å². The summed E-state index contributed by atoms with van der Waals surface area (Å²) in [6.07, 6.45) is 0. The van der Waals surface area contributed by atoms with Crippen LogP contribution in [0.15, 0.2) is 18.2 Å². The van der Waals surface area contributed by atoms with Crippen LogP contribution < -0.4 is 0 Å².